The third-order valence-electron chi connectivity index (χ3n) is 2.06. The van der Waals surface area contributed by atoms with Gasteiger partial charge in [-0.3, -0.25) is 4.79 Å². The number of Topliss-reactive ketones (excluding diaryl/α,β-unsaturated/α-hetero) is 1. The Morgan fingerprint density at radius 1 is 1.44 bits per heavy atom. The minimum Gasteiger partial charge on any atom is -0.491 e. The zero-order valence-corrected chi connectivity index (χ0v) is 12.4. The summed E-state index contributed by atoms with van der Waals surface area (Å²) in [6, 6.07) is 4.56. The van der Waals surface area contributed by atoms with Gasteiger partial charge in [0.05, 0.1) is 5.56 Å². The lowest BCUT2D eigenvalue weighted by Crippen LogP contribution is -2.29. The molecule has 0 aliphatic heterocycles. The predicted molar refractivity (Wildman–Crippen MR) is 68.4 cm³/mol. The highest BCUT2D eigenvalue weighted by Crippen LogP contribution is 2.29. The number of ketones is 1. The van der Waals surface area contributed by atoms with E-state index in [0.29, 0.717) is 4.47 Å². The molecule has 1 unspecified atom stereocenters. The minimum atomic E-state index is -4.38. The maximum atomic E-state index is 12.3. The van der Waals surface area contributed by atoms with Crippen LogP contribution in [0, 0.1) is 0 Å². The first-order chi connectivity index (χ1) is 8.21. The summed E-state index contributed by atoms with van der Waals surface area (Å²) >= 11 is 5.67. The quantitative estimate of drug-likeness (QED) is 0.565. The van der Waals surface area contributed by atoms with Crippen molar-refractivity contribution in [3.05, 3.63) is 28.2 Å². The van der Waals surface area contributed by atoms with Gasteiger partial charge in [-0.2, -0.15) is 13.2 Å². The number of hydrogen-bond acceptors (Lipinski definition) is 2. The van der Waals surface area contributed by atoms with E-state index in [1.807, 2.05) is 0 Å². The smallest absolute Gasteiger partial charge is 0.404 e. The number of ether oxygens (including phenoxy) is 1. The fourth-order valence-corrected chi connectivity index (χ4v) is 1.65. The molecule has 0 radical (unpaired) electrons. The molecule has 0 spiro atoms. The van der Waals surface area contributed by atoms with E-state index in [4.69, 9.17) is 4.74 Å². The van der Waals surface area contributed by atoms with Crippen LogP contribution in [0.25, 0.3) is 0 Å². The molecule has 0 aliphatic rings. The van der Waals surface area contributed by atoms with E-state index in [-0.39, 0.29) is 17.1 Å². The van der Waals surface area contributed by atoms with Crippen LogP contribution in [0.5, 0.6) is 5.75 Å². The SMILES string of the molecule is CC(=O)c1cc(Br)ccc1OCC(Br)C(F)(F)F. The van der Waals surface area contributed by atoms with Crippen molar-refractivity contribution in [3.8, 4) is 5.75 Å². The standard InChI is InChI=1S/C11H9Br2F3O2/c1-6(17)8-4-7(12)2-3-9(8)18-5-10(13)11(14,15)16/h2-4,10H,5H2,1H3. The topological polar surface area (TPSA) is 26.3 Å². The molecule has 1 atom stereocenters. The van der Waals surface area contributed by atoms with Gasteiger partial charge in [0.2, 0.25) is 0 Å². The van der Waals surface area contributed by atoms with Gasteiger partial charge in [0.1, 0.15) is 17.2 Å². The summed E-state index contributed by atoms with van der Waals surface area (Å²) in [6.45, 7) is 0.732. The highest BCUT2D eigenvalue weighted by molar-refractivity contribution is 9.10. The maximum Gasteiger partial charge on any atom is 0.404 e. The first-order valence-electron chi connectivity index (χ1n) is 4.86. The molecule has 1 rings (SSSR count). The van der Waals surface area contributed by atoms with Crippen LogP contribution in [0.15, 0.2) is 22.7 Å². The third kappa shape index (κ3) is 4.28. The Hall–Kier alpha value is -0.560. The Morgan fingerprint density at radius 3 is 2.56 bits per heavy atom. The Morgan fingerprint density at radius 2 is 2.06 bits per heavy atom. The third-order valence-corrected chi connectivity index (χ3v) is 3.34. The fraction of sp³-hybridized carbons (Fsp3) is 0.364. The van der Waals surface area contributed by atoms with Crippen molar-refractivity contribution in [2.75, 3.05) is 6.61 Å². The summed E-state index contributed by atoms with van der Waals surface area (Å²) in [7, 11) is 0. The van der Waals surface area contributed by atoms with E-state index in [1.54, 1.807) is 6.07 Å². The van der Waals surface area contributed by atoms with Gasteiger partial charge >= 0.3 is 6.18 Å². The lowest BCUT2D eigenvalue weighted by molar-refractivity contribution is -0.132. The van der Waals surface area contributed by atoms with Gasteiger partial charge in [0, 0.05) is 4.47 Å². The molecule has 2 nitrogen and oxygen atoms in total. The summed E-state index contributed by atoms with van der Waals surface area (Å²) in [6.07, 6.45) is -4.38. The number of carbonyl (C=O) groups is 1. The molecule has 0 saturated carbocycles. The molecule has 0 saturated heterocycles. The molecule has 0 heterocycles. The number of hydrogen-bond donors (Lipinski definition) is 0. The van der Waals surface area contributed by atoms with Crippen molar-refractivity contribution < 1.29 is 22.7 Å². The van der Waals surface area contributed by atoms with Crippen LogP contribution in [0.1, 0.15) is 17.3 Å². The maximum absolute atomic E-state index is 12.3. The number of carbonyl (C=O) groups excluding carboxylic acids is 1. The largest absolute Gasteiger partial charge is 0.491 e. The number of benzene rings is 1. The number of rotatable bonds is 4. The van der Waals surface area contributed by atoms with Gasteiger partial charge in [-0.15, -0.1) is 0 Å². The van der Waals surface area contributed by atoms with Crippen molar-refractivity contribution in [2.45, 2.75) is 17.9 Å². The van der Waals surface area contributed by atoms with Crippen LogP contribution in [0.2, 0.25) is 0 Å². The van der Waals surface area contributed by atoms with E-state index in [1.165, 1.54) is 19.1 Å². The molecule has 18 heavy (non-hydrogen) atoms. The summed E-state index contributed by atoms with van der Waals surface area (Å²) in [5, 5.41) is 0. The monoisotopic (exact) mass is 388 g/mol. The molecular weight excluding hydrogens is 381 g/mol. The summed E-state index contributed by atoms with van der Waals surface area (Å²) in [5.74, 6) is -0.135. The van der Waals surface area contributed by atoms with E-state index >= 15 is 0 Å². The first kappa shape index (κ1) is 15.5. The van der Waals surface area contributed by atoms with E-state index in [2.05, 4.69) is 31.9 Å². The molecule has 0 bridgehead atoms. The lowest BCUT2D eigenvalue weighted by atomic mass is 10.1. The predicted octanol–water partition coefficient (Wildman–Crippen LogP) is 4.36. The fourth-order valence-electron chi connectivity index (χ4n) is 1.16. The van der Waals surface area contributed by atoms with Crippen molar-refractivity contribution in [1.29, 1.82) is 0 Å². The van der Waals surface area contributed by atoms with Crippen LogP contribution in [0.3, 0.4) is 0 Å². The normalized spacial score (nSPS) is 13.2. The molecule has 1 aromatic carbocycles. The minimum absolute atomic E-state index is 0.138. The van der Waals surface area contributed by atoms with Crippen molar-refractivity contribution in [2.24, 2.45) is 0 Å². The molecule has 0 aromatic heterocycles. The lowest BCUT2D eigenvalue weighted by Gasteiger charge is -2.16. The van der Waals surface area contributed by atoms with E-state index in [9.17, 15) is 18.0 Å². The van der Waals surface area contributed by atoms with Crippen LogP contribution in [-0.4, -0.2) is 23.4 Å². The number of alkyl halides is 4. The first-order valence-corrected chi connectivity index (χ1v) is 6.56. The van der Waals surface area contributed by atoms with Gasteiger partial charge in [-0.1, -0.05) is 31.9 Å². The van der Waals surface area contributed by atoms with Crippen molar-refractivity contribution in [3.63, 3.8) is 0 Å². The zero-order valence-electron chi connectivity index (χ0n) is 9.22. The van der Waals surface area contributed by atoms with Gasteiger partial charge in [0.15, 0.2) is 5.78 Å². The van der Waals surface area contributed by atoms with Gasteiger partial charge in [-0.05, 0) is 25.1 Å². The molecule has 0 aliphatic carbocycles. The second-order valence-corrected chi connectivity index (χ2v) is 5.54. The van der Waals surface area contributed by atoms with Gasteiger partial charge in [0.25, 0.3) is 0 Å². The van der Waals surface area contributed by atoms with Crippen molar-refractivity contribution >= 4 is 37.6 Å². The Bertz CT molecular complexity index is 446. The summed E-state index contributed by atoms with van der Waals surface area (Å²) in [5.41, 5.74) is 0.242. The average molecular weight is 390 g/mol. The second-order valence-electron chi connectivity index (χ2n) is 3.52. The van der Waals surface area contributed by atoms with Gasteiger partial charge < -0.3 is 4.74 Å². The molecule has 0 N–H and O–H groups in total. The molecule has 1 aromatic rings. The van der Waals surface area contributed by atoms with Crippen LogP contribution >= 0.6 is 31.9 Å². The van der Waals surface area contributed by atoms with E-state index < -0.39 is 17.6 Å². The van der Waals surface area contributed by atoms with Crippen LogP contribution in [0.4, 0.5) is 13.2 Å². The zero-order chi connectivity index (χ0) is 13.9. The molecule has 0 amide bonds. The van der Waals surface area contributed by atoms with Gasteiger partial charge in [-0.25, -0.2) is 0 Å². The number of halogens is 5. The molecule has 0 fully saturated rings. The van der Waals surface area contributed by atoms with Crippen molar-refractivity contribution in [1.82, 2.24) is 0 Å². The van der Waals surface area contributed by atoms with E-state index in [0.717, 1.165) is 0 Å². The highest BCUT2D eigenvalue weighted by atomic mass is 79.9. The summed E-state index contributed by atoms with van der Waals surface area (Å²) in [4.78, 5) is 9.56. The Balaban J connectivity index is 2.82. The van der Waals surface area contributed by atoms with Crippen LogP contribution < -0.4 is 4.74 Å². The molecular formula is C11H9Br2F3O2. The van der Waals surface area contributed by atoms with Crippen LogP contribution in [-0.2, 0) is 0 Å². The second kappa shape index (κ2) is 6.06. The summed E-state index contributed by atoms with van der Waals surface area (Å²) < 4.78 is 42.5. The molecule has 100 valence electrons. The Kier molecular flexibility index (Phi) is 5.21. The average Bonchev–Trinajstić information content (AvgIpc) is 2.25. The Labute approximate surface area is 119 Å². The highest BCUT2D eigenvalue weighted by Gasteiger charge is 2.38. The molecule has 7 heteroatoms.